The number of nitrogens with zero attached hydrogens (tertiary/aromatic N) is 1. The Morgan fingerprint density at radius 3 is 2.56 bits per heavy atom. The van der Waals surface area contributed by atoms with Crippen molar-refractivity contribution in [1.82, 2.24) is 4.90 Å². The summed E-state index contributed by atoms with van der Waals surface area (Å²) in [6.45, 7) is 8.98. The van der Waals surface area contributed by atoms with Crippen LogP contribution >= 0.6 is 0 Å². The van der Waals surface area contributed by atoms with Gasteiger partial charge in [-0.3, -0.25) is 4.79 Å². The molecule has 2 N–H and O–H groups in total. The molecule has 0 aliphatic heterocycles. The molecule has 0 radical (unpaired) electrons. The average molecular weight is 250 g/mol. The van der Waals surface area contributed by atoms with Crippen molar-refractivity contribution in [2.75, 3.05) is 18.9 Å². The zero-order valence-electron chi connectivity index (χ0n) is 11.6. The predicted molar refractivity (Wildman–Crippen MR) is 73.9 cm³/mol. The Morgan fingerprint density at radius 2 is 2.06 bits per heavy atom. The van der Waals surface area contributed by atoms with Gasteiger partial charge in [-0.15, -0.1) is 0 Å². The molecule has 1 amide bonds. The lowest BCUT2D eigenvalue weighted by molar-refractivity contribution is 0.0714. The van der Waals surface area contributed by atoms with E-state index >= 15 is 0 Å². The van der Waals surface area contributed by atoms with Crippen LogP contribution < -0.4 is 10.5 Å². The molecule has 1 aromatic carbocycles. The number of nitrogens with two attached hydrogens (primary N) is 1. The van der Waals surface area contributed by atoms with Crippen molar-refractivity contribution in [2.45, 2.75) is 33.7 Å². The summed E-state index contributed by atoms with van der Waals surface area (Å²) in [7, 11) is 0. The van der Waals surface area contributed by atoms with Crippen molar-refractivity contribution in [3.63, 3.8) is 0 Å². The average Bonchev–Trinajstić information content (AvgIpc) is 2.29. The van der Waals surface area contributed by atoms with E-state index in [0.29, 0.717) is 30.2 Å². The van der Waals surface area contributed by atoms with Crippen molar-refractivity contribution < 1.29 is 9.53 Å². The van der Waals surface area contributed by atoms with E-state index in [1.165, 1.54) is 0 Å². The molecule has 0 bridgehead atoms. The molecule has 4 heteroatoms. The van der Waals surface area contributed by atoms with E-state index in [-0.39, 0.29) is 11.9 Å². The van der Waals surface area contributed by atoms with Crippen LogP contribution in [0, 0.1) is 0 Å². The molecular weight excluding hydrogens is 228 g/mol. The third kappa shape index (κ3) is 2.94. The van der Waals surface area contributed by atoms with Crippen LogP contribution in [0.15, 0.2) is 18.2 Å². The molecule has 18 heavy (non-hydrogen) atoms. The van der Waals surface area contributed by atoms with Crippen LogP contribution in [0.4, 0.5) is 5.69 Å². The van der Waals surface area contributed by atoms with Gasteiger partial charge in [0.2, 0.25) is 0 Å². The fourth-order valence-corrected chi connectivity index (χ4v) is 1.94. The second-order valence-electron chi connectivity index (χ2n) is 4.34. The second kappa shape index (κ2) is 6.28. The summed E-state index contributed by atoms with van der Waals surface area (Å²) in [5, 5.41) is 0. The quantitative estimate of drug-likeness (QED) is 0.817. The normalized spacial score (nSPS) is 10.5. The fourth-order valence-electron chi connectivity index (χ4n) is 1.94. The molecule has 100 valence electrons. The Hall–Kier alpha value is -1.71. The third-order valence-electron chi connectivity index (χ3n) is 2.80. The molecule has 0 saturated heterocycles. The molecule has 0 heterocycles. The largest absolute Gasteiger partial charge is 0.493 e. The zero-order valence-corrected chi connectivity index (χ0v) is 11.6. The van der Waals surface area contributed by atoms with Crippen LogP contribution in [-0.4, -0.2) is 30.0 Å². The van der Waals surface area contributed by atoms with Crippen LogP contribution in [0.1, 0.15) is 38.1 Å². The highest BCUT2D eigenvalue weighted by molar-refractivity contribution is 6.02. The summed E-state index contributed by atoms with van der Waals surface area (Å²) in [4.78, 5) is 14.3. The first-order valence-corrected chi connectivity index (χ1v) is 6.35. The van der Waals surface area contributed by atoms with E-state index < -0.39 is 0 Å². The summed E-state index contributed by atoms with van der Waals surface area (Å²) in [5.74, 6) is 0.482. The van der Waals surface area contributed by atoms with Crippen LogP contribution in [-0.2, 0) is 0 Å². The highest BCUT2D eigenvalue weighted by Gasteiger charge is 2.22. The number of nitrogen functional groups attached to an aromatic ring is 1. The Morgan fingerprint density at radius 1 is 1.39 bits per heavy atom. The van der Waals surface area contributed by atoms with Gasteiger partial charge >= 0.3 is 0 Å². The summed E-state index contributed by atoms with van der Waals surface area (Å²) < 4.78 is 5.49. The van der Waals surface area contributed by atoms with E-state index in [1.807, 2.05) is 27.7 Å². The van der Waals surface area contributed by atoms with Crippen LogP contribution in [0.3, 0.4) is 0 Å². The number of anilines is 1. The van der Waals surface area contributed by atoms with E-state index in [9.17, 15) is 4.79 Å². The van der Waals surface area contributed by atoms with Crippen molar-refractivity contribution in [1.29, 1.82) is 0 Å². The number of carbonyl (C=O) groups is 1. The molecule has 0 unspecified atom stereocenters. The smallest absolute Gasteiger partial charge is 0.259 e. The number of rotatable bonds is 5. The van der Waals surface area contributed by atoms with Gasteiger partial charge in [0, 0.05) is 18.3 Å². The van der Waals surface area contributed by atoms with Crippen molar-refractivity contribution in [3.8, 4) is 5.75 Å². The summed E-state index contributed by atoms with van der Waals surface area (Å²) in [5.41, 5.74) is 6.85. The van der Waals surface area contributed by atoms with Gasteiger partial charge in [-0.05, 0) is 39.8 Å². The van der Waals surface area contributed by atoms with Gasteiger partial charge in [0.15, 0.2) is 0 Å². The summed E-state index contributed by atoms with van der Waals surface area (Å²) in [6, 6.07) is 5.44. The maximum Gasteiger partial charge on any atom is 0.259 e. The van der Waals surface area contributed by atoms with E-state index in [1.54, 1.807) is 23.1 Å². The van der Waals surface area contributed by atoms with Gasteiger partial charge in [-0.2, -0.15) is 0 Å². The minimum absolute atomic E-state index is 0.0750. The van der Waals surface area contributed by atoms with Gasteiger partial charge in [0.25, 0.3) is 5.91 Å². The second-order valence-corrected chi connectivity index (χ2v) is 4.34. The lowest BCUT2D eigenvalue weighted by Crippen LogP contribution is -2.37. The summed E-state index contributed by atoms with van der Waals surface area (Å²) >= 11 is 0. The molecule has 0 fully saturated rings. The fraction of sp³-hybridized carbons (Fsp3) is 0.500. The van der Waals surface area contributed by atoms with E-state index in [0.717, 1.165) is 0 Å². The van der Waals surface area contributed by atoms with Gasteiger partial charge in [0.1, 0.15) is 11.3 Å². The lowest BCUT2D eigenvalue weighted by atomic mass is 10.1. The molecular formula is C14H22N2O2. The topological polar surface area (TPSA) is 55.6 Å². The molecule has 1 aromatic rings. The first-order chi connectivity index (χ1) is 8.52. The van der Waals surface area contributed by atoms with Gasteiger partial charge < -0.3 is 15.4 Å². The van der Waals surface area contributed by atoms with Gasteiger partial charge in [-0.25, -0.2) is 0 Å². The monoisotopic (exact) mass is 250 g/mol. The minimum Gasteiger partial charge on any atom is -0.493 e. The SMILES string of the molecule is CCOc1cccc(N)c1C(=O)N(CC)C(C)C. The highest BCUT2D eigenvalue weighted by Crippen LogP contribution is 2.26. The first-order valence-electron chi connectivity index (χ1n) is 6.35. The van der Waals surface area contributed by atoms with Gasteiger partial charge in [-0.1, -0.05) is 6.07 Å². The Balaban J connectivity index is 3.18. The maximum atomic E-state index is 12.5. The van der Waals surface area contributed by atoms with Crippen molar-refractivity contribution in [3.05, 3.63) is 23.8 Å². The standard InChI is InChI=1S/C14H22N2O2/c1-5-16(10(3)4)14(17)13-11(15)8-7-9-12(13)18-6-2/h7-10H,5-6,15H2,1-4H3. The number of ether oxygens (including phenoxy) is 1. The van der Waals surface area contributed by atoms with Crippen molar-refractivity contribution in [2.24, 2.45) is 0 Å². The number of hydrogen-bond acceptors (Lipinski definition) is 3. The highest BCUT2D eigenvalue weighted by atomic mass is 16.5. The minimum atomic E-state index is -0.0750. The zero-order chi connectivity index (χ0) is 13.7. The molecule has 0 spiro atoms. The molecule has 0 aromatic heterocycles. The first kappa shape index (κ1) is 14.4. The lowest BCUT2D eigenvalue weighted by Gasteiger charge is -2.26. The predicted octanol–water partition coefficient (Wildman–Crippen LogP) is 2.54. The number of benzene rings is 1. The van der Waals surface area contributed by atoms with Crippen LogP contribution in [0.5, 0.6) is 5.75 Å². The van der Waals surface area contributed by atoms with E-state index in [2.05, 4.69) is 0 Å². The number of carbonyl (C=O) groups excluding carboxylic acids is 1. The summed E-state index contributed by atoms with van der Waals surface area (Å²) in [6.07, 6.45) is 0. The Labute approximate surface area is 109 Å². The van der Waals surface area contributed by atoms with Crippen molar-refractivity contribution >= 4 is 11.6 Å². The Bertz CT molecular complexity index is 416. The van der Waals surface area contributed by atoms with Gasteiger partial charge in [0.05, 0.1) is 6.61 Å². The number of amides is 1. The van der Waals surface area contributed by atoms with Crippen LogP contribution in [0.25, 0.3) is 0 Å². The molecule has 0 aliphatic rings. The molecule has 0 atom stereocenters. The number of hydrogen-bond donors (Lipinski definition) is 1. The van der Waals surface area contributed by atoms with Crippen LogP contribution in [0.2, 0.25) is 0 Å². The molecule has 0 saturated carbocycles. The maximum absolute atomic E-state index is 12.5. The molecule has 4 nitrogen and oxygen atoms in total. The Kier molecular flexibility index (Phi) is 5.01. The molecule has 1 rings (SSSR count). The van der Waals surface area contributed by atoms with E-state index in [4.69, 9.17) is 10.5 Å². The third-order valence-corrected chi connectivity index (χ3v) is 2.80. The molecule has 0 aliphatic carbocycles.